The molecule has 0 radical (unpaired) electrons. The number of benzene rings is 2. The number of carboxylic acid groups (broad SMARTS) is 2. The average molecular weight is 368 g/mol. The van der Waals surface area contributed by atoms with E-state index in [9.17, 15) is 29.4 Å². The Labute approximate surface area is 172 Å². The fraction of sp³-hybridized carbons (Fsp3) is 0. The molecule has 0 aliphatic rings. The van der Waals surface area contributed by atoms with Crippen LogP contribution in [0, 0.1) is 0 Å². The summed E-state index contributed by atoms with van der Waals surface area (Å²) >= 11 is 0. The van der Waals surface area contributed by atoms with Crippen molar-refractivity contribution in [1.82, 2.24) is 0 Å². The third kappa shape index (κ3) is 6.54. The zero-order valence-electron chi connectivity index (χ0n) is 12.9. The van der Waals surface area contributed by atoms with Gasteiger partial charge in [-0.3, -0.25) is 9.59 Å². The molecule has 2 aromatic rings. The molecule has 0 aliphatic carbocycles. The number of amides is 2. The molecule has 2 aromatic carbocycles. The zero-order valence-corrected chi connectivity index (χ0v) is 15.1. The minimum Gasteiger partial charge on any atom is -0.545 e. The summed E-state index contributed by atoms with van der Waals surface area (Å²) < 4.78 is 0. The molecule has 0 bridgehead atoms. The van der Waals surface area contributed by atoms with Gasteiger partial charge in [0.05, 0.1) is 11.9 Å². The summed E-state index contributed by atoms with van der Waals surface area (Å²) in [4.78, 5) is 42.1. The zero-order chi connectivity index (χ0) is 18.3. The maximum absolute atomic E-state index is 10.7. The van der Waals surface area contributed by atoms with E-state index in [0.29, 0.717) is 0 Å². The molecule has 25 heavy (non-hydrogen) atoms. The predicted molar refractivity (Wildman–Crippen MR) is 84.3 cm³/mol. The van der Waals surface area contributed by atoms with E-state index in [2.05, 4.69) is 0 Å². The van der Waals surface area contributed by atoms with E-state index in [4.69, 9.17) is 11.5 Å². The van der Waals surface area contributed by atoms with Crippen molar-refractivity contribution in [2.24, 2.45) is 11.5 Å². The van der Waals surface area contributed by atoms with Gasteiger partial charge in [-0.05, 0) is 12.1 Å². The summed E-state index contributed by atoms with van der Waals surface area (Å²) in [7, 11) is 0. The molecule has 4 N–H and O–H groups in total. The van der Waals surface area contributed by atoms with Crippen molar-refractivity contribution >= 4 is 61.5 Å². The van der Waals surface area contributed by atoms with Gasteiger partial charge in [0.2, 0.25) is 11.8 Å². The molecule has 2 rings (SSSR count). The first-order chi connectivity index (χ1) is 11.3. The molecular formula is C16H12CaN2O6. The van der Waals surface area contributed by atoms with Gasteiger partial charge in [0.15, 0.2) is 0 Å². The second-order valence-corrected chi connectivity index (χ2v) is 4.39. The Kier molecular flexibility index (Phi) is 9.43. The first-order valence-electron chi connectivity index (χ1n) is 6.46. The van der Waals surface area contributed by atoms with E-state index in [1.807, 2.05) is 0 Å². The third-order valence-electron chi connectivity index (χ3n) is 2.82. The average Bonchev–Trinajstić information content (AvgIpc) is 2.55. The van der Waals surface area contributed by atoms with Crippen LogP contribution in [0.4, 0.5) is 0 Å². The fourth-order valence-corrected chi connectivity index (χ4v) is 1.75. The summed E-state index contributed by atoms with van der Waals surface area (Å²) in [5, 5.41) is 20.8. The largest absolute Gasteiger partial charge is 2.00 e. The molecule has 8 nitrogen and oxygen atoms in total. The van der Waals surface area contributed by atoms with E-state index >= 15 is 0 Å². The van der Waals surface area contributed by atoms with Crippen LogP contribution in [-0.4, -0.2) is 61.5 Å². The SMILES string of the molecule is NC(=O)c1ccccc1C(=O)[O-].NC(=O)c1ccccc1C(=O)[O-].[Ca+2]. The normalized spacial score (nSPS) is 8.96. The predicted octanol–water partition coefficient (Wildman–Crippen LogP) is -2.08. The fourth-order valence-electron chi connectivity index (χ4n) is 1.75. The number of aromatic carboxylic acids is 2. The van der Waals surface area contributed by atoms with E-state index in [1.54, 1.807) is 0 Å². The quantitative estimate of drug-likeness (QED) is 0.587. The first-order valence-corrected chi connectivity index (χ1v) is 6.46. The molecule has 0 aromatic heterocycles. The number of hydrogen-bond acceptors (Lipinski definition) is 6. The van der Waals surface area contributed by atoms with Crippen molar-refractivity contribution in [3.05, 3.63) is 70.8 Å². The Morgan fingerprint density at radius 1 is 0.600 bits per heavy atom. The van der Waals surface area contributed by atoms with Crippen molar-refractivity contribution in [2.45, 2.75) is 0 Å². The van der Waals surface area contributed by atoms with Gasteiger partial charge in [0.25, 0.3) is 0 Å². The van der Waals surface area contributed by atoms with Gasteiger partial charge in [-0.1, -0.05) is 36.4 Å². The summed E-state index contributed by atoms with van der Waals surface area (Å²) in [5.41, 5.74) is 9.43. The summed E-state index contributed by atoms with van der Waals surface area (Å²) in [6, 6.07) is 11.3. The third-order valence-corrected chi connectivity index (χ3v) is 2.82. The minimum atomic E-state index is -1.40. The molecular weight excluding hydrogens is 356 g/mol. The van der Waals surface area contributed by atoms with Crippen LogP contribution in [0.25, 0.3) is 0 Å². The van der Waals surface area contributed by atoms with Gasteiger partial charge in [-0.25, -0.2) is 0 Å². The van der Waals surface area contributed by atoms with Crippen LogP contribution in [0.5, 0.6) is 0 Å². The van der Waals surface area contributed by atoms with Crippen LogP contribution in [-0.2, 0) is 0 Å². The topological polar surface area (TPSA) is 166 Å². The number of carbonyl (C=O) groups is 4. The number of nitrogens with two attached hydrogens (primary N) is 2. The molecule has 0 spiro atoms. The van der Waals surface area contributed by atoms with E-state index in [1.165, 1.54) is 48.5 Å². The van der Waals surface area contributed by atoms with Gasteiger partial charge in [-0.15, -0.1) is 0 Å². The standard InChI is InChI=1S/2C8H7NO3.Ca/c2*9-7(10)5-3-1-2-4-6(5)8(11)12;/h2*1-4H,(H2,9,10)(H,11,12);/q;;+2/p-2. The van der Waals surface area contributed by atoms with Crippen molar-refractivity contribution < 1.29 is 29.4 Å². The van der Waals surface area contributed by atoms with Crippen molar-refractivity contribution in [3.63, 3.8) is 0 Å². The molecule has 0 heterocycles. The van der Waals surface area contributed by atoms with Crippen molar-refractivity contribution in [2.75, 3.05) is 0 Å². The van der Waals surface area contributed by atoms with Crippen LogP contribution in [0.15, 0.2) is 48.5 Å². The van der Waals surface area contributed by atoms with Crippen LogP contribution in [0.1, 0.15) is 41.4 Å². The van der Waals surface area contributed by atoms with E-state index in [-0.39, 0.29) is 60.0 Å². The van der Waals surface area contributed by atoms with Gasteiger partial charge >= 0.3 is 37.7 Å². The molecule has 124 valence electrons. The Morgan fingerprint density at radius 2 is 0.840 bits per heavy atom. The molecule has 0 atom stereocenters. The van der Waals surface area contributed by atoms with E-state index in [0.717, 1.165) is 0 Å². The number of rotatable bonds is 4. The maximum Gasteiger partial charge on any atom is 2.00 e. The molecule has 0 saturated heterocycles. The number of hydrogen-bond donors (Lipinski definition) is 2. The van der Waals surface area contributed by atoms with Crippen LogP contribution in [0.3, 0.4) is 0 Å². The van der Waals surface area contributed by atoms with Crippen LogP contribution in [0.2, 0.25) is 0 Å². The molecule has 9 heteroatoms. The van der Waals surface area contributed by atoms with Crippen LogP contribution >= 0.6 is 0 Å². The number of carbonyl (C=O) groups excluding carboxylic acids is 4. The molecule has 2 amide bonds. The smallest absolute Gasteiger partial charge is 0.545 e. The molecule has 0 unspecified atom stereocenters. The monoisotopic (exact) mass is 368 g/mol. The summed E-state index contributed by atoms with van der Waals surface area (Å²) in [5.74, 6) is -4.33. The Bertz CT molecular complexity index is 673. The van der Waals surface area contributed by atoms with Gasteiger partial charge in [0, 0.05) is 22.3 Å². The molecule has 0 saturated carbocycles. The van der Waals surface area contributed by atoms with Gasteiger partial charge in [-0.2, -0.15) is 0 Å². The Balaban J connectivity index is 0.000000443. The Hall–Kier alpha value is -2.42. The second-order valence-electron chi connectivity index (χ2n) is 4.39. The summed E-state index contributed by atoms with van der Waals surface area (Å²) in [6.45, 7) is 0. The van der Waals surface area contributed by atoms with Gasteiger partial charge in [0.1, 0.15) is 0 Å². The minimum absolute atomic E-state index is 0. The Morgan fingerprint density at radius 3 is 1.00 bits per heavy atom. The van der Waals surface area contributed by atoms with Crippen molar-refractivity contribution in [1.29, 1.82) is 0 Å². The summed E-state index contributed by atoms with van der Waals surface area (Å²) in [6.07, 6.45) is 0. The second kappa shape index (κ2) is 10.4. The maximum atomic E-state index is 10.7. The van der Waals surface area contributed by atoms with Crippen LogP contribution < -0.4 is 21.7 Å². The first kappa shape index (κ1) is 22.6. The molecule has 0 aliphatic heterocycles. The number of primary amides is 2. The number of carboxylic acids is 2. The van der Waals surface area contributed by atoms with Crippen molar-refractivity contribution in [3.8, 4) is 0 Å². The molecule has 0 fully saturated rings. The van der Waals surface area contributed by atoms with Gasteiger partial charge < -0.3 is 31.3 Å². The van der Waals surface area contributed by atoms with E-state index < -0.39 is 23.8 Å².